The maximum Gasteiger partial charge on any atom is 0.272 e. The van der Waals surface area contributed by atoms with Crippen molar-refractivity contribution in [3.8, 4) is 5.69 Å². The molecule has 1 amide bonds. The number of hydrogen-bond donors (Lipinski definition) is 1. The summed E-state index contributed by atoms with van der Waals surface area (Å²) in [6, 6.07) is 13.2. The monoisotopic (exact) mass is 413 g/mol. The number of nitrogens with one attached hydrogen (secondary N) is 1. The van der Waals surface area contributed by atoms with Crippen molar-refractivity contribution in [3.63, 3.8) is 0 Å². The van der Waals surface area contributed by atoms with Gasteiger partial charge in [-0.1, -0.05) is 29.3 Å². The van der Waals surface area contributed by atoms with Crippen LogP contribution in [-0.4, -0.2) is 16.7 Å². The second kappa shape index (κ2) is 8.21. The first-order valence-electron chi connectivity index (χ1n) is 8.82. The molecule has 0 fully saturated rings. The standard InChI is InChI=1S/C22H21Cl2N3O/c1-13-7-14(2)9-19(8-13)27-15(3)10-17(16(27)4)12-25-26-22(28)20-6-5-18(23)11-21(20)24/h5-12H,1-4H3,(H,26,28). The zero-order valence-corrected chi connectivity index (χ0v) is 17.7. The Bertz CT molecular complexity index is 1060. The number of aromatic nitrogens is 1. The van der Waals surface area contributed by atoms with Gasteiger partial charge in [0.2, 0.25) is 0 Å². The molecule has 6 heteroatoms. The second-order valence-electron chi connectivity index (χ2n) is 6.83. The van der Waals surface area contributed by atoms with E-state index in [-0.39, 0.29) is 10.9 Å². The summed E-state index contributed by atoms with van der Waals surface area (Å²) in [5.74, 6) is -0.388. The fourth-order valence-corrected chi connectivity index (χ4v) is 3.78. The lowest BCUT2D eigenvalue weighted by molar-refractivity contribution is 0.0955. The first-order chi connectivity index (χ1) is 13.3. The molecule has 0 aliphatic heterocycles. The van der Waals surface area contributed by atoms with Gasteiger partial charge in [0.05, 0.1) is 16.8 Å². The minimum absolute atomic E-state index is 0.285. The molecule has 0 unspecified atom stereocenters. The van der Waals surface area contributed by atoms with E-state index in [9.17, 15) is 4.79 Å². The molecule has 4 nitrogen and oxygen atoms in total. The first kappa shape index (κ1) is 20.2. The van der Waals surface area contributed by atoms with Crippen LogP contribution >= 0.6 is 23.2 Å². The summed E-state index contributed by atoms with van der Waals surface area (Å²) in [5, 5.41) is 4.86. The van der Waals surface area contributed by atoms with Crippen molar-refractivity contribution in [2.75, 3.05) is 0 Å². The Morgan fingerprint density at radius 1 is 1.00 bits per heavy atom. The van der Waals surface area contributed by atoms with Crippen molar-refractivity contribution in [1.29, 1.82) is 0 Å². The first-order valence-corrected chi connectivity index (χ1v) is 9.58. The van der Waals surface area contributed by atoms with Crippen molar-refractivity contribution in [1.82, 2.24) is 9.99 Å². The summed E-state index contributed by atoms with van der Waals surface area (Å²) >= 11 is 11.9. The Balaban J connectivity index is 1.82. The van der Waals surface area contributed by atoms with Crippen LogP contribution in [0.15, 0.2) is 47.6 Å². The van der Waals surface area contributed by atoms with E-state index in [1.807, 2.05) is 19.9 Å². The van der Waals surface area contributed by atoms with Crippen LogP contribution < -0.4 is 5.43 Å². The van der Waals surface area contributed by atoms with Crippen molar-refractivity contribution < 1.29 is 4.79 Å². The zero-order chi connectivity index (χ0) is 20.4. The number of carbonyl (C=O) groups is 1. The number of rotatable bonds is 4. The summed E-state index contributed by atoms with van der Waals surface area (Å²) in [7, 11) is 0. The van der Waals surface area contributed by atoms with Crippen LogP contribution in [0.3, 0.4) is 0 Å². The van der Waals surface area contributed by atoms with Gasteiger partial charge in [-0.15, -0.1) is 0 Å². The molecule has 0 saturated carbocycles. The Kier molecular flexibility index (Phi) is 5.92. The maximum absolute atomic E-state index is 12.3. The summed E-state index contributed by atoms with van der Waals surface area (Å²) in [6.45, 7) is 8.26. The van der Waals surface area contributed by atoms with Crippen LogP contribution in [0.25, 0.3) is 5.69 Å². The lowest BCUT2D eigenvalue weighted by Crippen LogP contribution is -2.18. The largest absolute Gasteiger partial charge is 0.318 e. The molecule has 0 spiro atoms. The van der Waals surface area contributed by atoms with Gasteiger partial charge < -0.3 is 4.57 Å². The molecule has 28 heavy (non-hydrogen) atoms. The van der Waals surface area contributed by atoms with Gasteiger partial charge in [0.15, 0.2) is 0 Å². The SMILES string of the molecule is Cc1cc(C)cc(-n2c(C)cc(C=NNC(=O)c3ccc(Cl)cc3Cl)c2C)c1. The topological polar surface area (TPSA) is 46.4 Å². The van der Waals surface area contributed by atoms with E-state index in [0.717, 1.165) is 22.6 Å². The number of aryl methyl sites for hydroxylation is 3. The van der Waals surface area contributed by atoms with Crippen LogP contribution in [0.1, 0.15) is 38.4 Å². The van der Waals surface area contributed by atoms with Crippen LogP contribution in [-0.2, 0) is 0 Å². The number of hydrogen-bond acceptors (Lipinski definition) is 2. The second-order valence-corrected chi connectivity index (χ2v) is 7.67. The Morgan fingerprint density at radius 3 is 2.32 bits per heavy atom. The highest BCUT2D eigenvalue weighted by Crippen LogP contribution is 2.22. The van der Waals surface area contributed by atoms with Gasteiger partial charge in [0, 0.05) is 27.7 Å². The molecule has 144 valence electrons. The molecule has 2 aromatic carbocycles. The van der Waals surface area contributed by atoms with Gasteiger partial charge in [0.1, 0.15) is 0 Å². The van der Waals surface area contributed by atoms with E-state index < -0.39 is 0 Å². The highest BCUT2D eigenvalue weighted by Gasteiger charge is 2.12. The molecule has 1 aromatic heterocycles. The highest BCUT2D eigenvalue weighted by molar-refractivity contribution is 6.36. The Hall–Kier alpha value is -2.56. The summed E-state index contributed by atoms with van der Waals surface area (Å²) in [6.07, 6.45) is 1.64. The van der Waals surface area contributed by atoms with Gasteiger partial charge in [-0.05, 0) is 75.2 Å². The minimum atomic E-state index is -0.388. The molecule has 0 aliphatic rings. The number of carbonyl (C=O) groups excluding carboxylic acids is 1. The van der Waals surface area contributed by atoms with E-state index in [2.05, 4.69) is 47.1 Å². The van der Waals surface area contributed by atoms with E-state index >= 15 is 0 Å². The average molecular weight is 414 g/mol. The Labute approximate surface area is 174 Å². The lowest BCUT2D eigenvalue weighted by Gasteiger charge is -2.11. The molecule has 0 radical (unpaired) electrons. The third kappa shape index (κ3) is 4.29. The fourth-order valence-electron chi connectivity index (χ4n) is 3.29. The number of benzene rings is 2. The third-order valence-corrected chi connectivity index (χ3v) is 5.03. The van der Waals surface area contributed by atoms with Crippen molar-refractivity contribution in [2.45, 2.75) is 27.7 Å². The molecule has 0 bridgehead atoms. The third-order valence-electron chi connectivity index (χ3n) is 4.48. The van der Waals surface area contributed by atoms with E-state index in [1.54, 1.807) is 18.3 Å². The summed E-state index contributed by atoms with van der Waals surface area (Å²) in [4.78, 5) is 12.3. The summed E-state index contributed by atoms with van der Waals surface area (Å²) < 4.78 is 2.18. The van der Waals surface area contributed by atoms with Crippen LogP contribution in [0.5, 0.6) is 0 Å². The molecular formula is C22H21Cl2N3O. The van der Waals surface area contributed by atoms with Crippen LogP contribution in [0.4, 0.5) is 0 Å². The molecule has 3 aromatic rings. The predicted molar refractivity (Wildman–Crippen MR) is 116 cm³/mol. The van der Waals surface area contributed by atoms with E-state index in [1.165, 1.54) is 17.2 Å². The molecule has 0 saturated heterocycles. The van der Waals surface area contributed by atoms with Crippen molar-refractivity contribution in [3.05, 3.63) is 86.2 Å². The highest BCUT2D eigenvalue weighted by atomic mass is 35.5. The predicted octanol–water partition coefficient (Wildman–Crippen LogP) is 5.78. The van der Waals surface area contributed by atoms with Gasteiger partial charge in [-0.25, -0.2) is 5.43 Å². The Morgan fingerprint density at radius 2 is 1.68 bits per heavy atom. The number of hydrazone groups is 1. The van der Waals surface area contributed by atoms with Gasteiger partial charge in [-0.2, -0.15) is 5.10 Å². The molecule has 0 aliphatic carbocycles. The van der Waals surface area contributed by atoms with E-state index in [0.29, 0.717) is 10.6 Å². The van der Waals surface area contributed by atoms with Gasteiger partial charge >= 0.3 is 0 Å². The van der Waals surface area contributed by atoms with Crippen LogP contribution in [0.2, 0.25) is 10.0 Å². The number of nitrogens with zero attached hydrogens (tertiary/aromatic N) is 2. The minimum Gasteiger partial charge on any atom is -0.318 e. The smallest absolute Gasteiger partial charge is 0.272 e. The zero-order valence-electron chi connectivity index (χ0n) is 16.2. The van der Waals surface area contributed by atoms with Crippen molar-refractivity contribution >= 4 is 35.3 Å². The molecule has 1 heterocycles. The van der Waals surface area contributed by atoms with Gasteiger partial charge in [0.25, 0.3) is 5.91 Å². The normalized spacial score (nSPS) is 11.2. The lowest BCUT2D eigenvalue weighted by atomic mass is 10.1. The van der Waals surface area contributed by atoms with Crippen LogP contribution in [0, 0.1) is 27.7 Å². The van der Waals surface area contributed by atoms with Crippen molar-refractivity contribution in [2.24, 2.45) is 5.10 Å². The fraction of sp³-hybridized carbons (Fsp3) is 0.182. The maximum atomic E-state index is 12.3. The number of halogens is 2. The average Bonchev–Trinajstić information content (AvgIpc) is 2.87. The number of amides is 1. The molecule has 1 N–H and O–H groups in total. The molecular weight excluding hydrogens is 393 g/mol. The quantitative estimate of drug-likeness (QED) is 0.427. The van der Waals surface area contributed by atoms with Gasteiger partial charge in [-0.3, -0.25) is 4.79 Å². The molecule has 0 atom stereocenters. The molecule has 3 rings (SSSR count). The summed E-state index contributed by atoms with van der Waals surface area (Å²) in [5.41, 5.74) is 9.45. The van der Waals surface area contributed by atoms with E-state index in [4.69, 9.17) is 23.2 Å².